The maximum atomic E-state index is 12.7. The van der Waals surface area contributed by atoms with Crippen molar-refractivity contribution < 1.29 is 16.8 Å². The van der Waals surface area contributed by atoms with Gasteiger partial charge in [0.1, 0.15) is 0 Å². The van der Waals surface area contributed by atoms with Crippen LogP contribution < -0.4 is 4.72 Å². The average Bonchev–Trinajstić information content (AvgIpc) is 3.42. The molecular weight excluding hydrogens is 416 g/mol. The lowest BCUT2D eigenvalue weighted by atomic mass is 10.2. The molecule has 2 N–H and O–H groups in total. The quantitative estimate of drug-likeness (QED) is 0.599. The number of sulfonamides is 2. The molecule has 10 nitrogen and oxygen atoms in total. The predicted molar refractivity (Wildman–Crippen MR) is 105 cm³/mol. The number of aromatic amines is 1. The van der Waals surface area contributed by atoms with Crippen molar-refractivity contribution in [2.24, 2.45) is 0 Å². The normalized spacial score (nSPS) is 15.4. The minimum absolute atomic E-state index is 0.0390. The van der Waals surface area contributed by atoms with Gasteiger partial charge in [0, 0.05) is 24.3 Å². The molecule has 29 heavy (non-hydrogen) atoms. The highest BCUT2D eigenvalue weighted by atomic mass is 32.2. The predicted octanol–water partition coefficient (Wildman–Crippen LogP) is 1.45. The lowest BCUT2D eigenvalue weighted by Crippen LogP contribution is -2.27. The van der Waals surface area contributed by atoms with Gasteiger partial charge in [-0.25, -0.2) is 16.8 Å². The Morgan fingerprint density at radius 3 is 2.28 bits per heavy atom. The van der Waals surface area contributed by atoms with Gasteiger partial charge in [-0.15, -0.1) is 10.2 Å². The van der Waals surface area contributed by atoms with Crippen molar-refractivity contribution in [3.8, 4) is 11.4 Å². The monoisotopic (exact) mass is 434 g/mol. The second kappa shape index (κ2) is 7.54. The third-order valence-corrected chi connectivity index (χ3v) is 7.87. The number of tetrazole rings is 1. The first-order valence-electron chi connectivity index (χ1n) is 8.83. The van der Waals surface area contributed by atoms with Crippen molar-refractivity contribution in [1.29, 1.82) is 0 Å². The van der Waals surface area contributed by atoms with E-state index in [0.717, 1.165) is 12.8 Å². The van der Waals surface area contributed by atoms with Gasteiger partial charge in [-0.2, -0.15) is 9.52 Å². The first-order valence-corrected chi connectivity index (χ1v) is 11.8. The van der Waals surface area contributed by atoms with Gasteiger partial charge in [-0.1, -0.05) is 12.1 Å². The third-order valence-electron chi connectivity index (χ3n) is 4.56. The van der Waals surface area contributed by atoms with E-state index >= 15 is 0 Å². The van der Waals surface area contributed by atoms with E-state index in [1.165, 1.54) is 28.6 Å². The van der Waals surface area contributed by atoms with Crippen molar-refractivity contribution in [2.45, 2.75) is 22.6 Å². The first kappa shape index (κ1) is 19.5. The molecule has 0 amide bonds. The molecule has 152 valence electrons. The SMILES string of the molecule is O=S(=O)(Nc1cccc(-c2nn[nH]n2)c1)c1ccc(S(=O)(=O)N2CCCC2)cc1. The summed E-state index contributed by atoms with van der Waals surface area (Å²) in [4.78, 5) is 0.0419. The van der Waals surface area contributed by atoms with Crippen molar-refractivity contribution >= 4 is 25.7 Å². The van der Waals surface area contributed by atoms with Crippen LogP contribution in [0.25, 0.3) is 11.4 Å². The number of nitrogens with one attached hydrogen (secondary N) is 2. The number of hydrogen-bond acceptors (Lipinski definition) is 7. The Balaban J connectivity index is 1.56. The molecule has 2 aromatic carbocycles. The van der Waals surface area contributed by atoms with Crippen molar-refractivity contribution in [3.63, 3.8) is 0 Å². The molecule has 1 aliphatic heterocycles. The molecule has 2 heterocycles. The molecular formula is C17H18N6O4S2. The average molecular weight is 435 g/mol. The lowest BCUT2D eigenvalue weighted by molar-refractivity contribution is 0.477. The van der Waals surface area contributed by atoms with Crippen LogP contribution in [0.1, 0.15) is 12.8 Å². The van der Waals surface area contributed by atoms with Crippen LogP contribution in [-0.2, 0) is 20.0 Å². The molecule has 0 atom stereocenters. The van der Waals surface area contributed by atoms with Crippen LogP contribution >= 0.6 is 0 Å². The summed E-state index contributed by atoms with van der Waals surface area (Å²) in [6.45, 7) is 0.974. The van der Waals surface area contributed by atoms with E-state index in [1.807, 2.05) is 0 Å². The van der Waals surface area contributed by atoms with E-state index in [-0.39, 0.29) is 9.79 Å². The molecule has 0 unspecified atom stereocenters. The van der Waals surface area contributed by atoms with Crippen LogP contribution in [0, 0.1) is 0 Å². The van der Waals surface area contributed by atoms with E-state index in [4.69, 9.17) is 0 Å². The van der Waals surface area contributed by atoms with Gasteiger partial charge in [0.2, 0.25) is 15.8 Å². The van der Waals surface area contributed by atoms with Crippen LogP contribution in [-0.4, -0.2) is 54.9 Å². The maximum absolute atomic E-state index is 12.7. The van der Waals surface area contributed by atoms with Crippen LogP contribution in [0.5, 0.6) is 0 Å². The van der Waals surface area contributed by atoms with Crippen LogP contribution in [0.4, 0.5) is 5.69 Å². The van der Waals surface area contributed by atoms with Crippen LogP contribution in [0.3, 0.4) is 0 Å². The Morgan fingerprint density at radius 1 is 0.931 bits per heavy atom. The number of rotatable bonds is 6. The summed E-state index contributed by atoms with van der Waals surface area (Å²) < 4.78 is 54.4. The van der Waals surface area contributed by atoms with Crippen molar-refractivity contribution in [2.75, 3.05) is 17.8 Å². The number of hydrogen-bond donors (Lipinski definition) is 2. The Hall–Kier alpha value is -2.83. The standard InChI is InChI=1S/C17H18N6O4S2/c24-28(25,20-14-5-3-4-13(12-14)17-18-21-22-19-17)15-6-8-16(9-7-15)29(26,27)23-10-1-2-11-23/h3-9,12,20H,1-2,10-11H2,(H,18,19,21,22). The second-order valence-electron chi connectivity index (χ2n) is 6.50. The van der Waals surface area contributed by atoms with Crippen molar-refractivity contribution in [1.82, 2.24) is 24.9 Å². The fourth-order valence-electron chi connectivity index (χ4n) is 3.09. The Bertz CT molecular complexity index is 1200. The second-order valence-corrected chi connectivity index (χ2v) is 10.1. The highest BCUT2D eigenvalue weighted by molar-refractivity contribution is 7.92. The minimum atomic E-state index is -3.90. The van der Waals surface area contributed by atoms with E-state index in [1.54, 1.807) is 24.3 Å². The highest BCUT2D eigenvalue weighted by Crippen LogP contribution is 2.24. The maximum Gasteiger partial charge on any atom is 0.261 e. The fourth-order valence-corrected chi connectivity index (χ4v) is 5.65. The molecule has 1 aliphatic rings. The smallest absolute Gasteiger partial charge is 0.261 e. The fraction of sp³-hybridized carbons (Fsp3) is 0.235. The number of nitrogens with zero attached hydrogens (tertiary/aromatic N) is 4. The van der Waals surface area contributed by atoms with E-state index in [0.29, 0.717) is 30.2 Å². The number of H-pyrrole nitrogens is 1. The molecule has 3 aromatic rings. The minimum Gasteiger partial charge on any atom is -0.280 e. The van der Waals surface area contributed by atoms with Gasteiger partial charge in [0.15, 0.2) is 0 Å². The number of benzene rings is 2. The molecule has 0 saturated carbocycles. The molecule has 0 bridgehead atoms. The van der Waals surface area contributed by atoms with Crippen LogP contribution in [0.2, 0.25) is 0 Å². The van der Waals surface area contributed by atoms with Gasteiger partial charge in [-0.3, -0.25) is 4.72 Å². The molecule has 1 fully saturated rings. The van der Waals surface area contributed by atoms with Gasteiger partial charge in [0.05, 0.1) is 9.79 Å². The Kier molecular flexibility index (Phi) is 5.06. The zero-order valence-corrected chi connectivity index (χ0v) is 16.8. The Labute approximate surface area is 168 Å². The van der Waals surface area contributed by atoms with Gasteiger partial charge >= 0.3 is 0 Å². The molecule has 1 saturated heterocycles. The lowest BCUT2D eigenvalue weighted by Gasteiger charge is -2.15. The van der Waals surface area contributed by atoms with E-state index in [9.17, 15) is 16.8 Å². The van der Waals surface area contributed by atoms with Crippen molar-refractivity contribution in [3.05, 3.63) is 48.5 Å². The molecule has 12 heteroatoms. The molecule has 0 spiro atoms. The zero-order chi connectivity index (χ0) is 20.5. The zero-order valence-electron chi connectivity index (χ0n) is 15.2. The summed E-state index contributed by atoms with van der Waals surface area (Å²) in [6.07, 6.45) is 1.66. The summed E-state index contributed by atoms with van der Waals surface area (Å²) in [6, 6.07) is 11.8. The molecule has 4 rings (SSSR count). The number of aromatic nitrogens is 4. The Morgan fingerprint density at radius 2 is 1.62 bits per heavy atom. The summed E-state index contributed by atoms with van der Waals surface area (Å²) >= 11 is 0. The van der Waals surface area contributed by atoms with Gasteiger partial charge < -0.3 is 0 Å². The van der Waals surface area contributed by atoms with E-state index < -0.39 is 20.0 Å². The molecule has 0 radical (unpaired) electrons. The third kappa shape index (κ3) is 3.99. The first-order chi connectivity index (χ1) is 13.9. The molecule has 0 aliphatic carbocycles. The highest BCUT2D eigenvalue weighted by Gasteiger charge is 2.27. The largest absolute Gasteiger partial charge is 0.280 e. The summed E-state index contributed by atoms with van der Waals surface area (Å²) in [7, 11) is -7.50. The topological polar surface area (TPSA) is 138 Å². The summed E-state index contributed by atoms with van der Waals surface area (Å²) in [5.74, 6) is 0.336. The summed E-state index contributed by atoms with van der Waals surface area (Å²) in [5.41, 5.74) is 0.909. The van der Waals surface area contributed by atoms with Gasteiger partial charge in [-0.05, 0) is 54.5 Å². The molecule has 1 aromatic heterocycles. The van der Waals surface area contributed by atoms with Gasteiger partial charge in [0.25, 0.3) is 10.0 Å². The van der Waals surface area contributed by atoms with Crippen LogP contribution in [0.15, 0.2) is 58.3 Å². The number of anilines is 1. The summed E-state index contributed by atoms with van der Waals surface area (Å²) in [5, 5.41) is 13.5. The van der Waals surface area contributed by atoms with E-state index in [2.05, 4.69) is 25.3 Å².